The molecule has 0 aliphatic carbocycles. The Kier molecular flexibility index (Phi) is 3.67. The first-order valence-corrected chi connectivity index (χ1v) is 6.96. The number of benzene rings is 2. The van der Waals surface area contributed by atoms with Crippen LogP contribution in [0.15, 0.2) is 48.5 Å². The van der Waals surface area contributed by atoms with Crippen molar-refractivity contribution in [3.63, 3.8) is 0 Å². The van der Waals surface area contributed by atoms with E-state index in [1.165, 1.54) is 28.8 Å². The van der Waals surface area contributed by atoms with Gasteiger partial charge < -0.3 is 0 Å². The number of aromatic nitrogens is 1. The summed E-state index contributed by atoms with van der Waals surface area (Å²) in [6.45, 7) is 1.67. The number of hydrogen-bond donors (Lipinski definition) is 2. The van der Waals surface area contributed by atoms with Gasteiger partial charge in [0.05, 0.1) is 11.1 Å². The van der Waals surface area contributed by atoms with E-state index < -0.39 is 11.7 Å². The molecule has 1 amide bonds. The lowest BCUT2D eigenvalue weighted by atomic mass is 10.1. The van der Waals surface area contributed by atoms with Crippen molar-refractivity contribution in [3.05, 3.63) is 71.2 Å². The summed E-state index contributed by atoms with van der Waals surface area (Å²) in [5.74, 6) is 4.02. The fourth-order valence-corrected chi connectivity index (χ4v) is 2.71. The Hall–Kier alpha value is -2.99. The number of carbonyl (C=O) groups is 2. The first kappa shape index (κ1) is 14.9. The van der Waals surface area contributed by atoms with Gasteiger partial charge in [-0.1, -0.05) is 18.2 Å². The van der Waals surface area contributed by atoms with Gasteiger partial charge >= 0.3 is 0 Å². The predicted molar refractivity (Wildman–Crippen MR) is 84.5 cm³/mol. The number of rotatable bonds is 2. The fourth-order valence-electron chi connectivity index (χ4n) is 2.71. The summed E-state index contributed by atoms with van der Waals surface area (Å²) in [5, 5.41) is 0.628. The van der Waals surface area contributed by atoms with Crippen LogP contribution < -0.4 is 11.3 Å². The number of hydrazine groups is 1. The minimum Gasteiger partial charge on any atom is -0.290 e. The largest absolute Gasteiger partial charge is 0.290 e. The summed E-state index contributed by atoms with van der Waals surface area (Å²) < 4.78 is 14.5. The highest BCUT2D eigenvalue weighted by molar-refractivity contribution is 6.12. The van der Waals surface area contributed by atoms with Crippen molar-refractivity contribution in [2.24, 2.45) is 5.84 Å². The van der Waals surface area contributed by atoms with Gasteiger partial charge in [0.2, 0.25) is 0 Å². The zero-order valence-electron chi connectivity index (χ0n) is 12.3. The minimum atomic E-state index is -0.468. The summed E-state index contributed by atoms with van der Waals surface area (Å²) in [5.41, 5.74) is 3.85. The third kappa shape index (κ3) is 2.39. The number of carbonyl (C=O) groups excluding carboxylic acids is 2. The first-order valence-electron chi connectivity index (χ1n) is 6.96. The van der Waals surface area contributed by atoms with Crippen molar-refractivity contribution in [1.29, 1.82) is 0 Å². The average molecular weight is 311 g/mol. The van der Waals surface area contributed by atoms with Crippen molar-refractivity contribution in [2.45, 2.75) is 6.92 Å². The molecule has 0 radical (unpaired) electrons. The van der Waals surface area contributed by atoms with E-state index in [-0.39, 0.29) is 5.91 Å². The third-order valence-corrected chi connectivity index (χ3v) is 3.76. The smallest absolute Gasteiger partial charge is 0.267 e. The summed E-state index contributed by atoms with van der Waals surface area (Å²) in [7, 11) is 0. The van der Waals surface area contributed by atoms with E-state index >= 15 is 0 Å². The van der Waals surface area contributed by atoms with Crippen molar-refractivity contribution in [3.8, 4) is 0 Å². The molecule has 2 aromatic carbocycles. The Balaban J connectivity index is 2.25. The molecule has 0 saturated carbocycles. The van der Waals surface area contributed by atoms with Crippen LogP contribution in [0.5, 0.6) is 0 Å². The van der Waals surface area contributed by atoms with Crippen LogP contribution in [-0.4, -0.2) is 16.4 Å². The van der Waals surface area contributed by atoms with E-state index in [0.29, 0.717) is 27.7 Å². The highest BCUT2D eigenvalue weighted by Crippen LogP contribution is 2.26. The van der Waals surface area contributed by atoms with Crippen molar-refractivity contribution < 1.29 is 14.0 Å². The molecule has 116 valence electrons. The number of amides is 1. The molecule has 23 heavy (non-hydrogen) atoms. The second-order valence-electron chi connectivity index (χ2n) is 5.10. The van der Waals surface area contributed by atoms with Gasteiger partial charge in [-0.05, 0) is 37.3 Å². The predicted octanol–water partition coefficient (Wildman–Crippen LogP) is 2.38. The maximum absolute atomic E-state index is 13.1. The molecule has 1 aromatic heterocycles. The number of halogens is 1. The summed E-state index contributed by atoms with van der Waals surface area (Å²) in [6.07, 6.45) is 0. The van der Waals surface area contributed by atoms with Gasteiger partial charge in [0, 0.05) is 16.6 Å². The summed E-state index contributed by atoms with van der Waals surface area (Å²) in [4.78, 5) is 24.8. The zero-order chi connectivity index (χ0) is 16.6. The molecular formula is C17H14FN3O2. The molecule has 0 aliphatic heterocycles. The maximum Gasteiger partial charge on any atom is 0.267 e. The molecule has 0 bridgehead atoms. The average Bonchev–Trinajstić information content (AvgIpc) is 2.86. The Labute approximate surface area is 131 Å². The van der Waals surface area contributed by atoms with Gasteiger partial charge in [-0.15, -0.1) is 0 Å². The Morgan fingerprint density at radius 1 is 1.09 bits per heavy atom. The van der Waals surface area contributed by atoms with Gasteiger partial charge in [-0.2, -0.15) is 0 Å². The van der Waals surface area contributed by atoms with E-state index in [4.69, 9.17) is 5.84 Å². The van der Waals surface area contributed by atoms with Gasteiger partial charge in [0.15, 0.2) is 0 Å². The van der Waals surface area contributed by atoms with Crippen molar-refractivity contribution >= 4 is 22.7 Å². The molecule has 0 fully saturated rings. The third-order valence-electron chi connectivity index (χ3n) is 3.76. The monoisotopic (exact) mass is 311 g/mol. The number of nitrogens with one attached hydrogen (secondary N) is 1. The Morgan fingerprint density at radius 3 is 2.39 bits per heavy atom. The van der Waals surface area contributed by atoms with E-state index in [9.17, 15) is 14.0 Å². The lowest BCUT2D eigenvalue weighted by Crippen LogP contribution is -2.30. The van der Waals surface area contributed by atoms with E-state index in [1.807, 2.05) is 0 Å². The highest BCUT2D eigenvalue weighted by Gasteiger charge is 2.23. The molecule has 0 aliphatic rings. The Morgan fingerprint density at radius 2 is 1.74 bits per heavy atom. The molecular weight excluding hydrogens is 297 g/mol. The highest BCUT2D eigenvalue weighted by atomic mass is 19.1. The van der Waals surface area contributed by atoms with Crippen LogP contribution in [-0.2, 0) is 0 Å². The first-order chi connectivity index (χ1) is 11.0. The number of nitrogens with zero attached hydrogens (tertiary/aromatic N) is 1. The minimum absolute atomic E-state index is 0.329. The normalized spacial score (nSPS) is 10.7. The molecule has 0 atom stereocenters. The van der Waals surface area contributed by atoms with Crippen LogP contribution in [0.1, 0.15) is 26.4 Å². The number of nitrogens with two attached hydrogens (primary N) is 1. The van der Waals surface area contributed by atoms with Crippen LogP contribution >= 0.6 is 0 Å². The molecule has 0 spiro atoms. The number of nitrogen functional groups attached to an aromatic ring is 1. The molecule has 3 N–H and O–H groups in total. The topological polar surface area (TPSA) is 77.1 Å². The quantitative estimate of drug-likeness (QED) is 0.433. The van der Waals surface area contributed by atoms with Crippen LogP contribution in [0.3, 0.4) is 0 Å². The summed E-state index contributed by atoms with van der Waals surface area (Å²) >= 11 is 0. The van der Waals surface area contributed by atoms with Gasteiger partial charge in [0.25, 0.3) is 11.8 Å². The lowest BCUT2D eigenvalue weighted by molar-refractivity contribution is 0.0954. The van der Waals surface area contributed by atoms with Gasteiger partial charge in [-0.3, -0.25) is 19.6 Å². The number of hydrogen-bond acceptors (Lipinski definition) is 3. The second-order valence-corrected chi connectivity index (χ2v) is 5.10. The molecule has 5 nitrogen and oxygen atoms in total. The van der Waals surface area contributed by atoms with Gasteiger partial charge in [0.1, 0.15) is 5.82 Å². The Bertz CT molecular complexity index is 913. The second kappa shape index (κ2) is 5.66. The number of fused-ring (bicyclic) bond motifs is 1. The lowest BCUT2D eigenvalue weighted by Gasteiger charge is -2.07. The molecule has 0 saturated heterocycles. The van der Waals surface area contributed by atoms with Crippen LogP contribution in [0.2, 0.25) is 0 Å². The number of para-hydroxylation sites is 1. The van der Waals surface area contributed by atoms with E-state index in [2.05, 4.69) is 5.43 Å². The van der Waals surface area contributed by atoms with Crippen LogP contribution in [0, 0.1) is 12.7 Å². The van der Waals surface area contributed by atoms with Gasteiger partial charge in [-0.25, -0.2) is 10.2 Å². The molecule has 3 rings (SSSR count). The van der Waals surface area contributed by atoms with Crippen molar-refractivity contribution in [1.82, 2.24) is 9.99 Å². The summed E-state index contributed by atoms with van der Waals surface area (Å²) in [6, 6.07) is 12.3. The fraction of sp³-hybridized carbons (Fsp3) is 0.0588. The van der Waals surface area contributed by atoms with E-state index in [1.54, 1.807) is 31.2 Å². The van der Waals surface area contributed by atoms with Crippen molar-refractivity contribution in [2.75, 3.05) is 0 Å². The maximum atomic E-state index is 13.1. The van der Waals surface area contributed by atoms with E-state index in [0.717, 1.165) is 0 Å². The zero-order valence-corrected chi connectivity index (χ0v) is 12.3. The molecule has 0 unspecified atom stereocenters. The van der Waals surface area contributed by atoms with Crippen LogP contribution in [0.25, 0.3) is 10.9 Å². The molecule has 3 aromatic rings. The molecule has 1 heterocycles. The SMILES string of the molecule is Cc1c(C(=O)NN)c2ccccc2n1C(=O)c1ccc(F)cc1. The molecule has 6 heteroatoms. The standard InChI is InChI=1S/C17H14FN3O2/c1-10-15(16(22)20-19)13-4-2-3-5-14(13)21(10)17(23)11-6-8-12(18)9-7-11/h2-9H,19H2,1H3,(H,20,22). The van der Waals surface area contributed by atoms with Crippen LogP contribution in [0.4, 0.5) is 4.39 Å².